The van der Waals surface area contributed by atoms with Crippen LogP contribution < -0.4 is 10.6 Å². The number of nitrogens with one attached hydrogen (secondary N) is 2. The highest BCUT2D eigenvalue weighted by molar-refractivity contribution is 5.94. The third-order valence-corrected chi connectivity index (χ3v) is 4.47. The summed E-state index contributed by atoms with van der Waals surface area (Å²) in [5.41, 5.74) is -0.570. The smallest absolute Gasteiger partial charge is 0.231 e. The topological polar surface area (TPSA) is 71.1 Å². The number of nitrogens with zero attached hydrogens (tertiary/aromatic N) is 1. The number of hydrogen-bond acceptors (Lipinski definition) is 3. The van der Waals surface area contributed by atoms with Crippen molar-refractivity contribution in [1.29, 1.82) is 0 Å². The fraction of sp³-hybridized carbons (Fsp3) is 0.682. The lowest BCUT2D eigenvalue weighted by Crippen LogP contribution is -2.49. The summed E-state index contributed by atoms with van der Waals surface area (Å²) >= 11 is 0. The van der Waals surface area contributed by atoms with Gasteiger partial charge in [0.1, 0.15) is 5.82 Å². The van der Waals surface area contributed by atoms with Gasteiger partial charge in [-0.15, -0.1) is 0 Å². The molecule has 0 aliphatic rings. The van der Waals surface area contributed by atoms with Crippen LogP contribution in [0.1, 0.15) is 81.2 Å². The van der Waals surface area contributed by atoms with Gasteiger partial charge in [-0.3, -0.25) is 9.59 Å². The Balaban J connectivity index is 2.85. The molecule has 0 atom stereocenters. The number of amides is 2. The van der Waals surface area contributed by atoms with Crippen molar-refractivity contribution in [3.05, 3.63) is 23.9 Å². The fourth-order valence-corrected chi connectivity index (χ4v) is 2.97. The lowest BCUT2D eigenvalue weighted by Gasteiger charge is -2.35. The van der Waals surface area contributed by atoms with E-state index in [9.17, 15) is 9.59 Å². The molecule has 1 rings (SSSR count). The van der Waals surface area contributed by atoms with Crippen LogP contribution in [0.25, 0.3) is 0 Å². The summed E-state index contributed by atoms with van der Waals surface area (Å²) in [6, 6.07) is 3.81. The molecule has 2 amide bonds. The van der Waals surface area contributed by atoms with Crippen molar-refractivity contribution >= 4 is 17.6 Å². The van der Waals surface area contributed by atoms with Crippen molar-refractivity contribution < 1.29 is 9.59 Å². The summed E-state index contributed by atoms with van der Waals surface area (Å²) in [5, 5.41) is 5.90. The molecule has 1 aromatic heterocycles. The van der Waals surface area contributed by atoms with Crippen LogP contribution in [0.4, 0.5) is 5.82 Å². The second-order valence-corrected chi connectivity index (χ2v) is 10.8. The van der Waals surface area contributed by atoms with Crippen molar-refractivity contribution in [3.8, 4) is 0 Å². The number of carbonyl (C=O) groups excluding carboxylic acids is 2. The molecule has 0 unspecified atom stereocenters. The van der Waals surface area contributed by atoms with E-state index in [0.717, 1.165) is 5.56 Å². The van der Waals surface area contributed by atoms with Crippen molar-refractivity contribution in [1.82, 2.24) is 10.3 Å². The number of aromatic nitrogens is 1. The average molecular weight is 376 g/mol. The molecule has 0 saturated heterocycles. The number of pyridine rings is 1. The molecular weight excluding hydrogens is 338 g/mol. The summed E-state index contributed by atoms with van der Waals surface area (Å²) < 4.78 is 0. The number of carbonyl (C=O) groups is 2. The molecule has 0 aliphatic carbocycles. The van der Waals surface area contributed by atoms with E-state index in [2.05, 4.69) is 36.4 Å². The first kappa shape index (κ1) is 23.1. The van der Waals surface area contributed by atoms with E-state index in [1.807, 2.05) is 60.6 Å². The van der Waals surface area contributed by atoms with Crippen LogP contribution in [0.3, 0.4) is 0 Å². The maximum Gasteiger partial charge on any atom is 0.231 e. The summed E-state index contributed by atoms with van der Waals surface area (Å²) in [7, 11) is 0. The Kier molecular flexibility index (Phi) is 6.52. The van der Waals surface area contributed by atoms with E-state index in [1.165, 1.54) is 0 Å². The monoisotopic (exact) mass is 375 g/mol. The second-order valence-electron chi connectivity index (χ2n) is 10.8. The molecule has 2 N–H and O–H groups in total. The van der Waals surface area contributed by atoms with E-state index in [4.69, 9.17) is 0 Å². The Labute approximate surface area is 164 Å². The SMILES string of the molecule is CC(C)(C)NC(=O)C(C)(C)CC(C)(C)C(=O)Nc1ccc(C(C)(C)C)cn1. The number of rotatable bonds is 5. The van der Waals surface area contributed by atoms with E-state index < -0.39 is 10.8 Å². The number of hydrogen-bond donors (Lipinski definition) is 2. The van der Waals surface area contributed by atoms with Crippen molar-refractivity contribution in [2.75, 3.05) is 5.32 Å². The molecule has 27 heavy (non-hydrogen) atoms. The first-order chi connectivity index (χ1) is 11.9. The molecule has 0 radical (unpaired) electrons. The third kappa shape index (κ3) is 6.96. The van der Waals surface area contributed by atoms with Gasteiger partial charge in [-0.05, 0) is 44.2 Å². The Bertz CT molecular complexity index is 675. The van der Waals surface area contributed by atoms with Crippen LogP contribution in [0.15, 0.2) is 18.3 Å². The van der Waals surface area contributed by atoms with Crippen LogP contribution >= 0.6 is 0 Å². The zero-order chi connectivity index (χ0) is 21.3. The maximum absolute atomic E-state index is 12.8. The standard InChI is InChI=1S/C22H37N3O2/c1-19(2,3)15-11-12-16(23-13-15)24-17(26)21(7,8)14-22(9,10)18(27)25-20(4,5)6/h11-13H,14H2,1-10H3,(H,25,27)(H,23,24,26). The largest absolute Gasteiger partial charge is 0.351 e. The van der Waals surface area contributed by atoms with Gasteiger partial charge in [-0.1, -0.05) is 54.5 Å². The van der Waals surface area contributed by atoms with Gasteiger partial charge in [0.2, 0.25) is 11.8 Å². The van der Waals surface area contributed by atoms with Crippen molar-refractivity contribution in [2.45, 2.75) is 86.6 Å². The van der Waals surface area contributed by atoms with Gasteiger partial charge in [-0.2, -0.15) is 0 Å². The predicted molar refractivity (Wildman–Crippen MR) is 112 cm³/mol. The Morgan fingerprint density at radius 3 is 1.78 bits per heavy atom. The summed E-state index contributed by atoms with van der Waals surface area (Å²) in [6.45, 7) is 19.7. The molecule has 0 bridgehead atoms. The summed E-state index contributed by atoms with van der Waals surface area (Å²) in [5.74, 6) is 0.330. The van der Waals surface area contributed by atoms with Crippen LogP contribution in [0.2, 0.25) is 0 Å². The molecule has 0 fully saturated rings. The van der Waals surface area contributed by atoms with E-state index >= 15 is 0 Å². The molecule has 1 aromatic rings. The van der Waals surface area contributed by atoms with Gasteiger partial charge in [0.25, 0.3) is 0 Å². The zero-order valence-electron chi connectivity index (χ0n) is 18.7. The van der Waals surface area contributed by atoms with Gasteiger partial charge in [0, 0.05) is 22.6 Å². The van der Waals surface area contributed by atoms with Crippen molar-refractivity contribution in [2.24, 2.45) is 10.8 Å². The minimum atomic E-state index is -0.719. The third-order valence-electron chi connectivity index (χ3n) is 4.47. The number of anilines is 1. The highest BCUT2D eigenvalue weighted by Gasteiger charge is 2.40. The minimum Gasteiger partial charge on any atom is -0.351 e. The van der Waals surface area contributed by atoms with Gasteiger partial charge in [0.15, 0.2) is 0 Å². The first-order valence-electron chi connectivity index (χ1n) is 9.55. The lowest BCUT2D eigenvalue weighted by atomic mass is 9.73. The predicted octanol–water partition coefficient (Wildman–Crippen LogP) is 4.67. The second kappa shape index (κ2) is 7.61. The molecule has 152 valence electrons. The van der Waals surface area contributed by atoms with Gasteiger partial charge < -0.3 is 10.6 Å². The molecule has 1 heterocycles. The Hall–Kier alpha value is -1.91. The summed E-state index contributed by atoms with van der Waals surface area (Å²) in [4.78, 5) is 29.8. The van der Waals surface area contributed by atoms with E-state index in [0.29, 0.717) is 12.2 Å². The van der Waals surface area contributed by atoms with Gasteiger partial charge in [0.05, 0.1) is 0 Å². The minimum absolute atomic E-state index is 0.0131. The Morgan fingerprint density at radius 1 is 0.852 bits per heavy atom. The normalized spacial score (nSPS) is 13.3. The molecule has 0 spiro atoms. The molecule has 0 aliphatic heterocycles. The molecule has 5 nitrogen and oxygen atoms in total. The summed E-state index contributed by atoms with van der Waals surface area (Å²) in [6.07, 6.45) is 2.22. The van der Waals surface area contributed by atoms with Crippen LogP contribution in [-0.2, 0) is 15.0 Å². The average Bonchev–Trinajstić information content (AvgIpc) is 2.43. The first-order valence-corrected chi connectivity index (χ1v) is 9.55. The van der Waals surface area contributed by atoms with Gasteiger partial charge in [-0.25, -0.2) is 4.98 Å². The molecular formula is C22H37N3O2. The highest BCUT2D eigenvalue weighted by Crippen LogP contribution is 2.35. The van der Waals surface area contributed by atoms with Crippen LogP contribution in [0.5, 0.6) is 0 Å². The quantitative estimate of drug-likeness (QED) is 0.785. The van der Waals surface area contributed by atoms with Gasteiger partial charge >= 0.3 is 0 Å². The maximum atomic E-state index is 12.8. The van der Waals surface area contributed by atoms with Crippen molar-refractivity contribution in [3.63, 3.8) is 0 Å². The van der Waals surface area contributed by atoms with E-state index in [-0.39, 0.29) is 22.8 Å². The molecule has 5 heteroatoms. The molecule has 0 saturated carbocycles. The fourth-order valence-electron chi connectivity index (χ4n) is 2.97. The van der Waals surface area contributed by atoms with Crippen LogP contribution in [0, 0.1) is 10.8 Å². The van der Waals surface area contributed by atoms with Crippen LogP contribution in [-0.4, -0.2) is 22.3 Å². The lowest BCUT2D eigenvalue weighted by molar-refractivity contribution is -0.134. The van der Waals surface area contributed by atoms with E-state index in [1.54, 1.807) is 6.20 Å². The molecule has 0 aromatic carbocycles. The zero-order valence-corrected chi connectivity index (χ0v) is 18.7. The highest BCUT2D eigenvalue weighted by atomic mass is 16.2. The Morgan fingerprint density at radius 2 is 1.37 bits per heavy atom.